The molecule has 2 aromatic rings. The summed E-state index contributed by atoms with van der Waals surface area (Å²) in [6.07, 6.45) is 3.00. The van der Waals surface area contributed by atoms with Crippen LogP contribution in [0.25, 0.3) is 0 Å². The Labute approximate surface area is 136 Å². The first-order chi connectivity index (χ1) is 11.0. The van der Waals surface area contributed by atoms with E-state index in [4.69, 9.17) is 11.5 Å². The maximum Gasteiger partial charge on any atom is 0.306 e. The predicted octanol–water partition coefficient (Wildman–Crippen LogP) is 3.41. The monoisotopic (exact) mass is 310 g/mol. The lowest BCUT2D eigenvalue weighted by Crippen LogP contribution is -2.35. The molecule has 4 heteroatoms. The lowest BCUT2D eigenvalue weighted by Gasteiger charge is -2.40. The fourth-order valence-corrected chi connectivity index (χ4v) is 3.71. The van der Waals surface area contributed by atoms with Gasteiger partial charge in [0.25, 0.3) is 0 Å². The maximum absolute atomic E-state index is 11.3. The normalized spacial score (nSPS) is 17.7. The number of nitrogens with two attached hydrogens (primary N) is 2. The summed E-state index contributed by atoms with van der Waals surface area (Å²) in [5, 5.41) is 9.29. The predicted molar refractivity (Wildman–Crippen MR) is 92.1 cm³/mol. The number of hydrogen-bond donors (Lipinski definition) is 3. The largest absolute Gasteiger partial charge is 0.481 e. The van der Waals surface area contributed by atoms with Gasteiger partial charge >= 0.3 is 5.97 Å². The van der Waals surface area contributed by atoms with Crippen molar-refractivity contribution in [1.29, 1.82) is 0 Å². The van der Waals surface area contributed by atoms with Crippen LogP contribution in [0.5, 0.6) is 0 Å². The van der Waals surface area contributed by atoms with E-state index < -0.39 is 5.97 Å². The molecule has 1 aliphatic rings. The van der Waals surface area contributed by atoms with Crippen LogP contribution in [0.2, 0.25) is 0 Å². The van der Waals surface area contributed by atoms with Gasteiger partial charge in [0.15, 0.2) is 0 Å². The van der Waals surface area contributed by atoms with Gasteiger partial charge in [-0.15, -0.1) is 0 Å². The van der Waals surface area contributed by atoms with Crippen LogP contribution >= 0.6 is 0 Å². The summed E-state index contributed by atoms with van der Waals surface area (Å²) in [4.78, 5) is 11.3. The molecular formula is C19H22N2O2. The first-order valence-corrected chi connectivity index (χ1v) is 7.96. The fourth-order valence-electron chi connectivity index (χ4n) is 3.71. The van der Waals surface area contributed by atoms with Gasteiger partial charge in [0.2, 0.25) is 0 Å². The van der Waals surface area contributed by atoms with Crippen molar-refractivity contribution in [2.75, 3.05) is 11.5 Å². The Morgan fingerprint density at radius 2 is 1.26 bits per heavy atom. The van der Waals surface area contributed by atoms with Crippen LogP contribution < -0.4 is 11.5 Å². The highest BCUT2D eigenvalue weighted by Crippen LogP contribution is 2.46. The van der Waals surface area contributed by atoms with E-state index in [0.717, 1.165) is 24.2 Å². The fraction of sp³-hybridized carbons (Fsp3) is 0.316. The third-order valence-electron chi connectivity index (χ3n) is 5.11. The van der Waals surface area contributed by atoms with E-state index in [9.17, 15) is 9.90 Å². The van der Waals surface area contributed by atoms with Gasteiger partial charge in [0.1, 0.15) is 0 Å². The first-order valence-electron chi connectivity index (χ1n) is 7.96. The summed E-state index contributed by atoms with van der Waals surface area (Å²) in [5.74, 6) is -0.932. The van der Waals surface area contributed by atoms with E-state index in [2.05, 4.69) is 24.3 Å². The molecule has 0 spiro atoms. The van der Waals surface area contributed by atoms with Crippen molar-refractivity contribution in [2.45, 2.75) is 31.1 Å². The Kier molecular flexibility index (Phi) is 3.99. The lowest BCUT2D eigenvalue weighted by molar-refractivity contribution is -0.143. The second kappa shape index (κ2) is 5.95. The minimum atomic E-state index is -0.687. The van der Waals surface area contributed by atoms with Gasteiger partial charge in [0, 0.05) is 16.8 Å². The van der Waals surface area contributed by atoms with Gasteiger partial charge in [-0.05, 0) is 61.1 Å². The van der Waals surface area contributed by atoms with Crippen LogP contribution in [0, 0.1) is 5.92 Å². The van der Waals surface area contributed by atoms with E-state index in [0.29, 0.717) is 12.8 Å². The molecule has 0 aliphatic heterocycles. The molecule has 120 valence electrons. The highest BCUT2D eigenvalue weighted by atomic mass is 16.4. The van der Waals surface area contributed by atoms with Crippen LogP contribution in [0.1, 0.15) is 36.8 Å². The molecule has 0 aromatic heterocycles. The van der Waals surface area contributed by atoms with Crippen LogP contribution in [0.4, 0.5) is 11.4 Å². The zero-order valence-electron chi connectivity index (χ0n) is 13.0. The molecule has 0 saturated heterocycles. The summed E-state index contributed by atoms with van der Waals surface area (Å²) in [6.45, 7) is 0. The quantitative estimate of drug-likeness (QED) is 0.758. The molecule has 1 saturated carbocycles. The molecule has 5 N–H and O–H groups in total. The van der Waals surface area contributed by atoms with Crippen LogP contribution in [0.15, 0.2) is 48.5 Å². The van der Waals surface area contributed by atoms with Crippen molar-refractivity contribution >= 4 is 17.3 Å². The minimum Gasteiger partial charge on any atom is -0.481 e. The van der Waals surface area contributed by atoms with Crippen LogP contribution in [-0.2, 0) is 10.2 Å². The molecule has 0 amide bonds. The number of hydrogen-bond acceptors (Lipinski definition) is 3. The zero-order valence-corrected chi connectivity index (χ0v) is 13.0. The number of rotatable bonds is 3. The minimum absolute atomic E-state index is 0.159. The summed E-state index contributed by atoms with van der Waals surface area (Å²) in [7, 11) is 0. The molecule has 0 heterocycles. The van der Waals surface area contributed by atoms with E-state index in [-0.39, 0.29) is 11.3 Å². The lowest BCUT2D eigenvalue weighted by atomic mass is 9.63. The third kappa shape index (κ3) is 2.89. The van der Waals surface area contributed by atoms with Gasteiger partial charge in [-0.3, -0.25) is 4.79 Å². The Hall–Kier alpha value is -2.49. The van der Waals surface area contributed by atoms with Crippen molar-refractivity contribution < 1.29 is 9.90 Å². The smallest absolute Gasteiger partial charge is 0.306 e. The Morgan fingerprint density at radius 3 is 1.61 bits per heavy atom. The summed E-state index contributed by atoms with van der Waals surface area (Å²) < 4.78 is 0. The SMILES string of the molecule is Nc1ccc(C2(c3ccc(N)cc3)CCC(C(=O)O)CC2)cc1. The summed E-state index contributed by atoms with van der Waals surface area (Å²) >= 11 is 0. The standard InChI is InChI=1S/C19H22N2O2/c20-16-5-1-14(2-6-16)19(15-3-7-17(21)8-4-15)11-9-13(10-12-19)18(22)23/h1-8,13H,9-12,20-21H2,(H,22,23). The number of carbonyl (C=O) groups is 1. The van der Waals surface area contributed by atoms with Gasteiger partial charge in [0.05, 0.1) is 5.92 Å². The molecule has 3 rings (SSSR count). The molecule has 0 bridgehead atoms. The van der Waals surface area contributed by atoms with E-state index in [1.165, 1.54) is 11.1 Å². The number of benzene rings is 2. The Balaban J connectivity index is 2.02. The Bertz CT molecular complexity index is 637. The molecule has 0 atom stereocenters. The molecule has 2 aromatic carbocycles. The number of carboxylic acid groups (broad SMARTS) is 1. The average Bonchev–Trinajstić information content (AvgIpc) is 2.56. The first kappa shape index (κ1) is 15.4. The van der Waals surface area contributed by atoms with Crippen LogP contribution in [0.3, 0.4) is 0 Å². The van der Waals surface area contributed by atoms with Crippen molar-refractivity contribution in [3.8, 4) is 0 Å². The van der Waals surface area contributed by atoms with Crippen molar-refractivity contribution in [1.82, 2.24) is 0 Å². The third-order valence-corrected chi connectivity index (χ3v) is 5.11. The molecule has 0 radical (unpaired) electrons. The van der Waals surface area contributed by atoms with Gasteiger partial charge in [-0.25, -0.2) is 0 Å². The second-order valence-corrected chi connectivity index (χ2v) is 6.44. The van der Waals surface area contributed by atoms with Gasteiger partial charge < -0.3 is 16.6 Å². The topological polar surface area (TPSA) is 89.3 Å². The molecule has 0 unspecified atom stereocenters. The van der Waals surface area contributed by atoms with E-state index in [1.807, 2.05) is 24.3 Å². The number of nitrogen functional groups attached to an aromatic ring is 2. The molecule has 4 nitrogen and oxygen atoms in total. The van der Waals surface area contributed by atoms with Crippen molar-refractivity contribution in [3.05, 3.63) is 59.7 Å². The highest BCUT2D eigenvalue weighted by Gasteiger charge is 2.40. The highest BCUT2D eigenvalue weighted by molar-refractivity contribution is 5.70. The number of anilines is 2. The Morgan fingerprint density at radius 1 is 0.870 bits per heavy atom. The van der Waals surface area contributed by atoms with Crippen molar-refractivity contribution in [3.63, 3.8) is 0 Å². The van der Waals surface area contributed by atoms with E-state index >= 15 is 0 Å². The average molecular weight is 310 g/mol. The zero-order chi connectivity index (χ0) is 16.4. The summed E-state index contributed by atoms with van der Waals surface area (Å²) in [5.41, 5.74) is 15.4. The maximum atomic E-state index is 11.3. The van der Waals surface area contributed by atoms with E-state index in [1.54, 1.807) is 0 Å². The van der Waals surface area contributed by atoms with Crippen LogP contribution in [-0.4, -0.2) is 11.1 Å². The van der Waals surface area contributed by atoms with Gasteiger partial charge in [-0.2, -0.15) is 0 Å². The molecule has 1 fully saturated rings. The number of carboxylic acids is 1. The summed E-state index contributed by atoms with van der Waals surface area (Å²) in [6, 6.07) is 15.9. The number of aliphatic carboxylic acids is 1. The van der Waals surface area contributed by atoms with Crippen molar-refractivity contribution in [2.24, 2.45) is 5.92 Å². The molecular weight excluding hydrogens is 288 g/mol. The second-order valence-electron chi connectivity index (χ2n) is 6.44. The van der Waals surface area contributed by atoms with Gasteiger partial charge in [-0.1, -0.05) is 24.3 Å². The molecule has 23 heavy (non-hydrogen) atoms. The molecule has 1 aliphatic carbocycles.